The van der Waals surface area contributed by atoms with Gasteiger partial charge in [0.15, 0.2) is 0 Å². The Kier molecular flexibility index (Phi) is 2.18. The fourth-order valence-electron chi connectivity index (χ4n) is 1.46. The van der Waals surface area contributed by atoms with Gasteiger partial charge in [0.1, 0.15) is 5.41 Å². The molecule has 1 atom stereocenters. The van der Waals surface area contributed by atoms with E-state index in [2.05, 4.69) is 6.07 Å². The first-order valence-electron chi connectivity index (χ1n) is 3.78. The lowest BCUT2D eigenvalue weighted by Gasteiger charge is -2.31. The summed E-state index contributed by atoms with van der Waals surface area (Å²) >= 11 is 0. The second-order valence-corrected chi connectivity index (χ2v) is 3.05. The molecule has 0 heterocycles. The van der Waals surface area contributed by atoms with Crippen LogP contribution < -0.4 is 0 Å². The van der Waals surface area contributed by atoms with Crippen molar-refractivity contribution in [2.75, 3.05) is 0 Å². The van der Waals surface area contributed by atoms with Gasteiger partial charge in [0.05, 0.1) is 23.8 Å². The number of nitriles is 3. The Morgan fingerprint density at radius 2 is 2.15 bits per heavy atom. The van der Waals surface area contributed by atoms with E-state index in [0.717, 1.165) is 11.6 Å². The van der Waals surface area contributed by atoms with Crippen molar-refractivity contribution >= 4 is 0 Å². The Bertz CT molecular complexity index is 409. The monoisotopic (exact) mass is 169 g/mol. The molecular formula is C10H7N3. The van der Waals surface area contributed by atoms with Crippen LogP contribution >= 0.6 is 0 Å². The van der Waals surface area contributed by atoms with Gasteiger partial charge in [-0.2, -0.15) is 15.8 Å². The molecular weight excluding hydrogens is 162 g/mol. The molecule has 0 saturated heterocycles. The quantitative estimate of drug-likeness (QED) is 0.444. The molecule has 0 radical (unpaired) electrons. The number of hydrogen-bond donors (Lipinski definition) is 0. The highest BCUT2D eigenvalue weighted by atomic mass is 14.4. The van der Waals surface area contributed by atoms with Crippen molar-refractivity contribution in [3.8, 4) is 18.2 Å². The molecule has 1 unspecified atom stereocenters. The van der Waals surface area contributed by atoms with Crippen molar-refractivity contribution in [3.05, 3.63) is 23.3 Å². The fourth-order valence-corrected chi connectivity index (χ4v) is 1.46. The van der Waals surface area contributed by atoms with Gasteiger partial charge in [-0.1, -0.05) is 11.6 Å². The number of allylic oxidation sites excluding steroid dienone is 4. The molecule has 1 aliphatic carbocycles. The van der Waals surface area contributed by atoms with Crippen LogP contribution in [0.4, 0.5) is 0 Å². The van der Waals surface area contributed by atoms with Gasteiger partial charge in [0.25, 0.3) is 0 Å². The van der Waals surface area contributed by atoms with Crippen LogP contribution in [0.2, 0.25) is 0 Å². The summed E-state index contributed by atoms with van der Waals surface area (Å²) in [4.78, 5) is 0. The highest BCUT2D eigenvalue weighted by Gasteiger charge is 2.39. The normalized spacial score (nSPS) is 26.0. The van der Waals surface area contributed by atoms with Crippen LogP contribution in [-0.2, 0) is 0 Å². The summed E-state index contributed by atoms with van der Waals surface area (Å²) in [6.45, 7) is 1.90. The lowest BCUT2D eigenvalue weighted by atomic mass is 9.68. The van der Waals surface area contributed by atoms with Crippen LogP contribution in [0.3, 0.4) is 0 Å². The minimum atomic E-state index is -0.825. The van der Waals surface area contributed by atoms with E-state index in [1.807, 2.05) is 13.0 Å². The smallest absolute Gasteiger partial charge is 0.115 e. The number of rotatable bonds is 1. The van der Waals surface area contributed by atoms with E-state index < -0.39 is 5.41 Å². The van der Waals surface area contributed by atoms with Gasteiger partial charge in [-0.25, -0.2) is 0 Å². The van der Waals surface area contributed by atoms with Crippen LogP contribution in [0.25, 0.3) is 0 Å². The van der Waals surface area contributed by atoms with Crippen LogP contribution in [0, 0.1) is 39.4 Å². The molecule has 3 nitrogen and oxygen atoms in total. The summed E-state index contributed by atoms with van der Waals surface area (Å²) in [5.74, 6) is 0. The van der Waals surface area contributed by atoms with Crippen molar-refractivity contribution in [2.24, 2.45) is 5.41 Å². The summed E-state index contributed by atoms with van der Waals surface area (Å²) in [6, 6.07) is 5.73. The lowest BCUT2D eigenvalue weighted by Crippen LogP contribution is -2.26. The first-order valence-corrected chi connectivity index (χ1v) is 3.78. The van der Waals surface area contributed by atoms with Gasteiger partial charge in [0.2, 0.25) is 0 Å². The SMILES string of the molecule is CC1=CC(C#N)(/C(C#N)=C/C#N)C1. The molecule has 0 aromatic carbocycles. The molecule has 62 valence electrons. The standard InChI is InChI=1S/C10H7N3/c1-8-4-10(5-8,7-13)9(6-12)2-3-11/h2,4H,5H2,1H3/b9-2+. The molecule has 3 heteroatoms. The van der Waals surface area contributed by atoms with E-state index in [1.54, 1.807) is 12.1 Å². The van der Waals surface area contributed by atoms with Gasteiger partial charge in [-0.05, 0) is 13.3 Å². The Labute approximate surface area is 76.8 Å². The third-order valence-electron chi connectivity index (χ3n) is 2.06. The Balaban J connectivity index is 3.10. The second-order valence-electron chi connectivity index (χ2n) is 3.05. The Morgan fingerprint density at radius 3 is 2.46 bits per heavy atom. The molecule has 1 aliphatic rings. The maximum absolute atomic E-state index is 8.89. The second kappa shape index (κ2) is 3.13. The molecule has 0 bridgehead atoms. The zero-order valence-electron chi connectivity index (χ0n) is 7.20. The van der Waals surface area contributed by atoms with Crippen molar-refractivity contribution in [3.63, 3.8) is 0 Å². The first kappa shape index (κ1) is 9.04. The van der Waals surface area contributed by atoms with Crippen molar-refractivity contribution in [1.82, 2.24) is 0 Å². The van der Waals surface area contributed by atoms with Crippen molar-refractivity contribution in [1.29, 1.82) is 15.8 Å². The number of nitrogens with zero attached hydrogens (tertiary/aromatic N) is 3. The van der Waals surface area contributed by atoms with Crippen molar-refractivity contribution < 1.29 is 0 Å². The maximum Gasteiger partial charge on any atom is 0.115 e. The van der Waals surface area contributed by atoms with Crippen LogP contribution in [-0.4, -0.2) is 0 Å². The predicted molar refractivity (Wildman–Crippen MR) is 45.7 cm³/mol. The van der Waals surface area contributed by atoms with Gasteiger partial charge < -0.3 is 0 Å². The molecule has 0 aliphatic heterocycles. The topological polar surface area (TPSA) is 71.4 Å². The third-order valence-corrected chi connectivity index (χ3v) is 2.06. The molecule has 0 N–H and O–H groups in total. The molecule has 13 heavy (non-hydrogen) atoms. The fraction of sp³-hybridized carbons (Fsp3) is 0.300. The Morgan fingerprint density at radius 1 is 1.54 bits per heavy atom. The van der Waals surface area contributed by atoms with E-state index in [4.69, 9.17) is 15.8 Å². The van der Waals surface area contributed by atoms with E-state index in [0.29, 0.717) is 6.42 Å². The van der Waals surface area contributed by atoms with Crippen LogP contribution in [0.1, 0.15) is 13.3 Å². The van der Waals surface area contributed by atoms with Gasteiger partial charge in [0, 0.05) is 6.08 Å². The summed E-state index contributed by atoms with van der Waals surface area (Å²) in [7, 11) is 0. The van der Waals surface area contributed by atoms with E-state index >= 15 is 0 Å². The van der Waals surface area contributed by atoms with Gasteiger partial charge >= 0.3 is 0 Å². The zero-order valence-corrected chi connectivity index (χ0v) is 7.20. The summed E-state index contributed by atoms with van der Waals surface area (Å²) in [6.07, 6.45) is 3.44. The molecule has 0 aromatic heterocycles. The molecule has 1 rings (SSSR count). The van der Waals surface area contributed by atoms with Gasteiger partial charge in [-0.15, -0.1) is 0 Å². The number of hydrogen-bond acceptors (Lipinski definition) is 3. The van der Waals surface area contributed by atoms with Crippen LogP contribution in [0.15, 0.2) is 23.3 Å². The molecule has 0 amide bonds. The molecule has 0 saturated carbocycles. The minimum Gasteiger partial charge on any atom is -0.197 e. The zero-order chi connectivity index (χ0) is 9.90. The average Bonchev–Trinajstić information content (AvgIpc) is 2.09. The highest BCUT2D eigenvalue weighted by molar-refractivity contribution is 5.49. The minimum absolute atomic E-state index is 0.239. The maximum atomic E-state index is 8.89. The predicted octanol–water partition coefficient (Wildman–Crippen LogP) is 1.82. The first-order chi connectivity index (χ1) is 6.18. The lowest BCUT2D eigenvalue weighted by molar-refractivity contribution is 0.542. The largest absolute Gasteiger partial charge is 0.197 e. The van der Waals surface area contributed by atoms with Crippen LogP contribution in [0.5, 0.6) is 0 Å². The van der Waals surface area contributed by atoms with E-state index in [1.165, 1.54) is 0 Å². The third kappa shape index (κ3) is 1.31. The van der Waals surface area contributed by atoms with Gasteiger partial charge in [-0.3, -0.25) is 0 Å². The molecule has 0 aromatic rings. The summed E-state index contributed by atoms with van der Waals surface area (Å²) in [5, 5.41) is 26.0. The summed E-state index contributed by atoms with van der Waals surface area (Å²) < 4.78 is 0. The highest BCUT2D eigenvalue weighted by Crippen LogP contribution is 2.43. The summed E-state index contributed by atoms with van der Waals surface area (Å²) in [5.41, 5.74) is 0.498. The van der Waals surface area contributed by atoms with E-state index in [9.17, 15) is 0 Å². The Hall–Kier alpha value is -2.05. The van der Waals surface area contributed by atoms with E-state index in [-0.39, 0.29) is 5.57 Å². The molecule has 0 fully saturated rings. The van der Waals surface area contributed by atoms with Crippen molar-refractivity contribution in [2.45, 2.75) is 13.3 Å². The average molecular weight is 169 g/mol. The molecule has 0 spiro atoms.